The second-order valence-corrected chi connectivity index (χ2v) is 7.44. The highest BCUT2D eigenvalue weighted by Gasteiger charge is 2.25. The van der Waals surface area contributed by atoms with Crippen LogP contribution in [0.3, 0.4) is 0 Å². The monoisotopic (exact) mass is 365 g/mol. The summed E-state index contributed by atoms with van der Waals surface area (Å²) < 4.78 is 7.54. The normalized spacial score (nSPS) is 24.9. The Balaban J connectivity index is 1.44. The van der Waals surface area contributed by atoms with Gasteiger partial charge in [-0.05, 0) is 43.9 Å². The van der Waals surface area contributed by atoms with Crippen LogP contribution >= 0.6 is 0 Å². The maximum absolute atomic E-state index is 9.68. The Morgan fingerprint density at radius 2 is 2.00 bits per heavy atom. The Labute approximate surface area is 157 Å². The third-order valence-corrected chi connectivity index (χ3v) is 5.40. The van der Waals surface area contributed by atoms with Gasteiger partial charge in [-0.3, -0.25) is 0 Å². The molecule has 27 heavy (non-hydrogen) atoms. The van der Waals surface area contributed by atoms with Crippen LogP contribution in [-0.4, -0.2) is 49.5 Å². The van der Waals surface area contributed by atoms with E-state index in [0.29, 0.717) is 18.1 Å². The third-order valence-electron chi connectivity index (χ3n) is 5.40. The molecule has 1 unspecified atom stereocenters. The van der Waals surface area contributed by atoms with E-state index in [1.165, 1.54) is 0 Å². The molecule has 1 saturated carbocycles. The minimum absolute atomic E-state index is 0.163. The third kappa shape index (κ3) is 3.52. The molecule has 0 amide bonds. The van der Waals surface area contributed by atoms with Crippen molar-refractivity contribution in [3.05, 3.63) is 36.8 Å². The van der Waals surface area contributed by atoms with Crippen molar-refractivity contribution in [2.75, 3.05) is 11.9 Å². The summed E-state index contributed by atoms with van der Waals surface area (Å²) in [6.45, 7) is 1.63. The summed E-state index contributed by atoms with van der Waals surface area (Å²) >= 11 is 0. The molecule has 7 heteroatoms. The predicted molar refractivity (Wildman–Crippen MR) is 102 cm³/mol. The van der Waals surface area contributed by atoms with Gasteiger partial charge in [0.25, 0.3) is 0 Å². The molecule has 1 aliphatic carbocycles. The standard InChI is InChI=1S/C20H23N5O2/c26-14-5-3-13(4-6-14)23-20-22-9-7-18(24-20)17-11-25(10-15-12-27-15)19-16(17)2-1-8-21-19/h1-2,7-9,11,13-15,26H,3-6,10,12H2,(H,22,23,24)/t13-,14-,15?. The van der Waals surface area contributed by atoms with Crippen LogP contribution in [0.4, 0.5) is 5.95 Å². The molecule has 5 rings (SSSR count). The van der Waals surface area contributed by atoms with E-state index < -0.39 is 0 Å². The van der Waals surface area contributed by atoms with Crippen LogP contribution < -0.4 is 5.32 Å². The minimum Gasteiger partial charge on any atom is -0.393 e. The molecule has 0 aromatic carbocycles. The van der Waals surface area contributed by atoms with Gasteiger partial charge in [-0.2, -0.15) is 0 Å². The van der Waals surface area contributed by atoms with Gasteiger partial charge in [0, 0.05) is 35.6 Å². The van der Waals surface area contributed by atoms with Crippen LogP contribution in [0.25, 0.3) is 22.3 Å². The van der Waals surface area contributed by atoms with Crippen LogP contribution in [0.2, 0.25) is 0 Å². The van der Waals surface area contributed by atoms with Crippen LogP contribution in [0.1, 0.15) is 25.7 Å². The van der Waals surface area contributed by atoms with Crippen molar-refractivity contribution >= 4 is 17.0 Å². The summed E-state index contributed by atoms with van der Waals surface area (Å²) in [5.41, 5.74) is 2.90. The summed E-state index contributed by atoms with van der Waals surface area (Å²) in [6, 6.07) is 6.30. The average Bonchev–Trinajstić information content (AvgIpc) is 3.44. The number of ether oxygens (including phenoxy) is 1. The van der Waals surface area contributed by atoms with Gasteiger partial charge in [-0.25, -0.2) is 15.0 Å². The molecule has 4 heterocycles. The fourth-order valence-electron chi connectivity index (χ4n) is 3.84. The van der Waals surface area contributed by atoms with E-state index >= 15 is 0 Å². The first-order valence-electron chi connectivity index (χ1n) is 9.60. The number of fused-ring (bicyclic) bond motifs is 1. The number of aliphatic hydroxyl groups excluding tert-OH is 1. The molecule has 1 aliphatic heterocycles. The Kier molecular flexibility index (Phi) is 4.26. The Morgan fingerprint density at radius 1 is 1.15 bits per heavy atom. The van der Waals surface area contributed by atoms with E-state index in [1.54, 1.807) is 6.20 Å². The van der Waals surface area contributed by atoms with E-state index in [1.807, 2.05) is 18.3 Å². The zero-order valence-electron chi connectivity index (χ0n) is 15.1. The highest BCUT2D eigenvalue weighted by Crippen LogP contribution is 2.30. The number of aromatic nitrogens is 4. The van der Waals surface area contributed by atoms with Crippen molar-refractivity contribution in [1.82, 2.24) is 19.5 Å². The molecule has 2 fully saturated rings. The summed E-state index contributed by atoms with van der Waals surface area (Å²) in [4.78, 5) is 13.7. The van der Waals surface area contributed by atoms with E-state index in [4.69, 9.17) is 9.72 Å². The number of nitrogens with one attached hydrogen (secondary N) is 1. The maximum Gasteiger partial charge on any atom is 0.223 e. The van der Waals surface area contributed by atoms with Gasteiger partial charge >= 0.3 is 0 Å². The molecule has 0 spiro atoms. The molecule has 2 N–H and O–H groups in total. The number of anilines is 1. The van der Waals surface area contributed by atoms with Crippen molar-refractivity contribution in [1.29, 1.82) is 0 Å². The maximum atomic E-state index is 9.68. The first-order valence-corrected chi connectivity index (χ1v) is 9.60. The van der Waals surface area contributed by atoms with Gasteiger partial charge in [-0.1, -0.05) is 0 Å². The van der Waals surface area contributed by atoms with Gasteiger partial charge in [0.15, 0.2) is 0 Å². The SMILES string of the molecule is O[C@H]1CC[C@H](Nc2nccc(-c3cn(CC4CO4)c4ncccc34)n2)CC1. The topological polar surface area (TPSA) is 88.4 Å². The number of hydrogen-bond donors (Lipinski definition) is 2. The second-order valence-electron chi connectivity index (χ2n) is 7.44. The Bertz CT molecular complexity index is 944. The highest BCUT2D eigenvalue weighted by molar-refractivity contribution is 5.93. The first-order chi connectivity index (χ1) is 13.3. The van der Waals surface area contributed by atoms with E-state index in [2.05, 4.69) is 32.1 Å². The number of nitrogens with zero attached hydrogens (tertiary/aromatic N) is 4. The molecule has 0 bridgehead atoms. The average molecular weight is 365 g/mol. The van der Waals surface area contributed by atoms with E-state index in [-0.39, 0.29) is 6.10 Å². The lowest BCUT2D eigenvalue weighted by Gasteiger charge is -2.26. The lowest BCUT2D eigenvalue weighted by atomic mass is 9.93. The van der Waals surface area contributed by atoms with Gasteiger partial charge in [0.1, 0.15) is 5.65 Å². The molecule has 3 aromatic rings. The lowest BCUT2D eigenvalue weighted by Crippen LogP contribution is -2.28. The van der Waals surface area contributed by atoms with E-state index in [9.17, 15) is 5.11 Å². The Hall–Kier alpha value is -2.51. The first kappa shape index (κ1) is 16.6. The van der Waals surface area contributed by atoms with Crippen LogP contribution in [-0.2, 0) is 11.3 Å². The molecule has 3 aromatic heterocycles. The van der Waals surface area contributed by atoms with Gasteiger partial charge < -0.3 is 19.7 Å². The number of hydrogen-bond acceptors (Lipinski definition) is 6. The van der Waals surface area contributed by atoms with Crippen molar-refractivity contribution in [2.45, 2.75) is 50.5 Å². The quantitative estimate of drug-likeness (QED) is 0.676. The van der Waals surface area contributed by atoms with Crippen molar-refractivity contribution in [3.8, 4) is 11.3 Å². The molecule has 1 atom stereocenters. The Morgan fingerprint density at radius 3 is 2.81 bits per heavy atom. The smallest absolute Gasteiger partial charge is 0.223 e. The summed E-state index contributed by atoms with van der Waals surface area (Å²) in [6.07, 6.45) is 9.41. The zero-order valence-corrected chi connectivity index (χ0v) is 15.1. The number of pyridine rings is 1. The summed E-state index contributed by atoms with van der Waals surface area (Å²) in [5, 5.41) is 14.2. The van der Waals surface area contributed by atoms with Crippen LogP contribution in [0.15, 0.2) is 36.8 Å². The van der Waals surface area contributed by atoms with Crippen LogP contribution in [0, 0.1) is 0 Å². The molecular formula is C20H23N5O2. The summed E-state index contributed by atoms with van der Waals surface area (Å²) in [7, 11) is 0. The molecule has 140 valence electrons. The number of rotatable bonds is 5. The highest BCUT2D eigenvalue weighted by atomic mass is 16.6. The number of epoxide rings is 1. The predicted octanol–water partition coefficient (Wildman–Crippen LogP) is 2.61. The summed E-state index contributed by atoms with van der Waals surface area (Å²) in [5.74, 6) is 0.643. The van der Waals surface area contributed by atoms with Crippen molar-refractivity contribution in [2.24, 2.45) is 0 Å². The van der Waals surface area contributed by atoms with Gasteiger partial charge in [0.2, 0.25) is 5.95 Å². The van der Waals surface area contributed by atoms with Crippen LogP contribution in [0.5, 0.6) is 0 Å². The van der Waals surface area contributed by atoms with Gasteiger partial charge in [-0.15, -0.1) is 0 Å². The molecule has 0 radical (unpaired) electrons. The van der Waals surface area contributed by atoms with Gasteiger partial charge in [0.05, 0.1) is 31.1 Å². The zero-order chi connectivity index (χ0) is 18.2. The molecule has 2 aliphatic rings. The minimum atomic E-state index is -0.163. The largest absolute Gasteiger partial charge is 0.393 e. The van der Waals surface area contributed by atoms with Crippen molar-refractivity contribution < 1.29 is 9.84 Å². The molecule has 7 nitrogen and oxygen atoms in total. The second kappa shape index (κ2) is 6.90. The number of aliphatic hydroxyl groups is 1. The fourth-order valence-corrected chi connectivity index (χ4v) is 3.84. The molecule has 1 saturated heterocycles. The van der Waals surface area contributed by atoms with Crippen molar-refractivity contribution in [3.63, 3.8) is 0 Å². The fraction of sp³-hybridized carbons (Fsp3) is 0.450. The lowest BCUT2D eigenvalue weighted by molar-refractivity contribution is 0.126. The van der Waals surface area contributed by atoms with E-state index in [0.717, 1.165) is 61.1 Å². The molecular weight excluding hydrogens is 342 g/mol.